The molecule has 0 radical (unpaired) electrons. The summed E-state index contributed by atoms with van der Waals surface area (Å²) in [5.41, 5.74) is 1.18. The van der Waals surface area contributed by atoms with Crippen LogP contribution in [-0.2, 0) is 4.74 Å². The molecule has 1 unspecified atom stereocenters. The van der Waals surface area contributed by atoms with E-state index in [1.807, 2.05) is 17.8 Å². The maximum Gasteiger partial charge on any atom is 0.191 e. The summed E-state index contributed by atoms with van der Waals surface area (Å²) in [6, 6.07) is 6.33. The van der Waals surface area contributed by atoms with Gasteiger partial charge in [0.25, 0.3) is 0 Å². The van der Waals surface area contributed by atoms with Crippen LogP contribution >= 0.6 is 35.7 Å². The summed E-state index contributed by atoms with van der Waals surface area (Å²) >= 11 is 1.83. The predicted octanol–water partition coefficient (Wildman–Crippen LogP) is 3.39. The molecule has 1 atom stereocenters. The van der Waals surface area contributed by atoms with Crippen LogP contribution in [0.3, 0.4) is 0 Å². The topological polar surface area (TPSA) is 67.4 Å². The number of hydrogen-bond acceptors (Lipinski definition) is 6. The van der Waals surface area contributed by atoms with Gasteiger partial charge in [-0.25, -0.2) is 0 Å². The average Bonchev–Trinajstić information content (AvgIpc) is 2.78. The highest BCUT2D eigenvalue weighted by Crippen LogP contribution is 2.32. The van der Waals surface area contributed by atoms with Crippen LogP contribution in [0.1, 0.15) is 32.4 Å². The number of hydrogen-bond donors (Lipinski definition) is 2. The fraction of sp³-hybridized carbons (Fsp3) is 0.682. The van der Waals surface area contributed by atoms with Crippen LogP contribution in [0.4, 0.5) is 0 Å². The first-order valence-electron chi connectivity index (χ1n) is 10.5. The molecule has 1 aromatic rings. The zero-order valence-corrected chi connectivity index (χ0v) is 22.8. The molecule has 9 heteroatoms. The van der Waals surface area contributed by atoms with E-state index in [4.69, 9.17) is 19.2 Å². The largest absolute Gasteiger partial charge is 0.493 e. The van der Waals surface area contributed by atoms with Crippen molar-refractivity contribution in [2.45, 2.75) is 31.6 Å². The Morgan fingerprint density at radius 1 is 1.19 bits per heavy atom. The lowest BCUT2D eigenvalue weighted by atomic mass is 10.0. The van der Waals surface area contributed by atoms with E-state index in [-0.39, 0.29) is 34.8 Å². The van der Waals surface area contributed by atoms with Gasteiger partial charge < -0.3 is 24.8 Å². The molecule has 0 bridgehead atoms. The highest BCUT2D eigenvalue weighted by atomic mass is 127. The van der Waals surface area contributed by atoms with Crippen LogP contribution < -0.4 is 20.1 Å². The number of benzene rings is 1. The van der Waals surface area contributed by atoms with Crippen molar-refractivity contribution < 1.29 is 14.2 Å². The Labute approximate surface area is 209 Å². The number of guanidine groups is 1. The van der Waals surface area contributed by atoms with E-state index in [9.17, 15) is 0 Å². The molecule has 1 aromatic carbocycles. The molecule has 1 aliphatic heterocycles. The van der Waals surface area contributed by atoms with Gasteiger partial charge in [-0.3, -0.25) is 9.89 Å². The smallest absolute Gasteiger partial charge is 0.191 e. The molecule has 0 amide bonds. The Bertz CT molecular complexity index is 685. The molecule has 0 saturated carbocycles. The SMILES string of the molecule is CCNC(=NCC(C)(C)SC)NCC(c1ccc(OC)c(OC)c1)N1CCOCC1.I. The fourth-order valence-corrected chi connectivity index (χ4v) is 3.47. The molecule has 0 aromatic heterocycles. The standard InChI is InChI=1S/C22H38N4O3S.HI/c1-7-23-21(25-16-22(2,3)30-6)24-15-18(26-10-12-29-13-11-26)17-8-9-19(27-4)20(14-17)28-5;/h8-9,14,18H,7,10-13,15-16H2,1-6H3,(H2,23,24,25);1H. The number of ether oxygens (including phenoxy) is 3. The molecule has 1 aliphatic rings. The van der Waals surface area contributed by atoms with Gasteiger partial charge in [0.2, 0.25) is 0 Å². The summed E-state index contributed by atoms with van der Waals surface area (Å²) in [6.45, 7) is 12.1. The van der Waals surface area contributed by atoms with Gasteiger partial charge in [0.05, 0.1) is 40.0 Å². The minimum absolute atomic E-state index is 0. The van der Waals surface area contributed by atoms with Crippen LogP contribution in [0, 0.1) is 0 Å². The van der Waals surface area contributed by atoms with E-state index in [1.54, 1.807) is 14.2 Å². The molecule has 2 N–H and O–H groups in total. The van der Waals surface area contributed by atoms with Gasteiger partial charge in [0.1, 0.15) is 0 Å². The second kappa shape index (κ2) is 14.3. The van der Waals surface area contributed by atoms with Gasteiger partial charge in [-0.15, -0.1) is 24.0 Å². The lowest BCUT2D eigenvalue weighted by Crippen LogP contribution is -2.46. The van der Waals surface area contributed by atoms with E-state index in [0.717, 1.165) is 63.4 Å². The highest BCUT2D eigenvalue weighted by Gasteiger charge is 2.24. The Morgan fingerprint density at radius 2 is 1.87 bits per heavy atom. The number of nitrogens with zero attached hydrogens (tertiary/aromatic N) is 2. The first-order chi connectivity index (χ1) is 14.4. The third kappa shape index (κ3) is 8.86. The number of halogens is 1. The van der Waals surface area contributed by atoms with Crippen LogP contribution in [0.5, 0.6) is 11.5 Å². The Hall–Kier alpha value is -0.910. The van der Waals surface area contributed by atoms with Crippen molar-refractivity contribution in [3.8, 4) is 11.5 Å². The maximum atomic E-state index is 5.57. The van der Waals surface area contributed by atoms with Gasteiger partial charge >= 0.3 is 0 Å². The molecule has 0 spiro atoms. The van der Waals surface area contributed by atoms with Crippen LogP contribution in [0.15, 0.2) is 23.2 Å². The number of morpholine rings is 1. The monoisotopic (exact) mass is 566 g/mol. The van der Waals surface area contributed by atoms with Crippen molar-refractivity contribution in [3.05, 3.63) is 23.8 Å². The molecule has 7 nitrogen and oxygen atoms in total. The van der Waals surface area contributed by atoms with Crippen molar-refractivity contribution in [2.75, 3.05) is 66.4 Å². The predicted molar refractivity (Wildman–Crippen MR) is 142 cm³/mol. The normalized spacial score (nSPS) is 16.3. The quantitative estimate of drug-likeness (QED) is 0.256. The van der Waals surface area contributed by atoms with Gasteiger partial charge in [-0.2, -0.15) is 11.8 Å². The molecule has 1 heterocycles. The van der Waals surface area contributed by atoms with Gasteiger partial charge in [0, 0.05) is 30.9 Å². The summed E-state index contributed by atoms with van der Waals surface area (Å²) in [4.78, 5) is 7.27. The second-order valence-electron chi connectivity index (χ2n) is 7.82. The highest BCUT2D eigenvalue weighted by molar-refractivity contribution is 14.0. The molecule has 2 rings (SSSR count). The van der Waals surface area contributed by atoms with Crippen molar-refractivity contribution >= 4 is 41.7 Å². The van der Waals surface area contributed by atoms with E-state index in [2.05, 4.69) is 54.7 Å². The van der Waals surface area contributed by atoms with Crippen molar-refractivity contribution in [1.82, 2.24) is 15.5 Å². The van der Waals surface area contributed by atoms with Crippen molar-refractivity contribution in [1.29, 1.82) is 0 Å². The molecule has 178 valence electrons. The Kier molecular flexibility index (Phi) is 13.0. The van der Waals surface area contributed by atoms with E-state index in [0.29, 0.717) is 0 Å². The third-order valence-corrected chi connectivity index (χ3v) is 6.49. The molecule has 1 saturated heterocycles. The van der Waals surface area contributed by atoms with Gasteiger partial charge in [-0.1, -0.05) is 6.07 Å². The number of aliphatic imine (C=N–C) groups is 1. The summed E-state index contributed by atoms with van der Waals surface area (Å²) in [5, 5.41) is 6.93. The molecular formula is C22H39IN4O3S. The maximum absolute atomic E-state index is 5.57. The number of rotatable bonds is 10. The summed E-state index contributed by atoms with van der Waals surface area (Å²) in [7, 11) is 3.33. The lowest BCUT2D eigenvalue weighted by Gasteiger charge is -2.35. The molecule has 31 heavy (non-hydrogen) atoms. The lowest BCUT2D eigenvalue weighted by molar-refractivity contribution is 0.0169. The zero-order chi connectivity index (χ0) is 22.0. The number of thioether (sulfide) groups is 1. The minimum Gasteiger partial charge on any atom is -0.493 e. The first kappa shape index (κ1) is 28.1. The molecular weight excluding hydrogens is 527 g/mol. The van der Waals surface area contributed by atoms with Crippen molar-refractivity contribution in [2.24, 2.45) is 4.99 Å². The third-order valence-electron chi connectivity index (χ3n) is 5.26. The van der Waals surface area contributed by atoms with Crippen molar-refractivity contribution in [3.63, 3.8) is 0 Å². The summed E-state index contributed by atoms with van der Waals surface area (Å²) < 4.78 is 16.6. The average molecular weight is 567 g/mol. The molecule has 1 fully saturated rings. The van der Waals surface area contributed by atoms with E-state index >= 15 is 0 Å². The fourth-order valence-electron chi connectivity index (χ4n) is 3.28. The number of methoxy groups -OCH3 is 2. The Morgan fingerprint density at radius 3 is 2.45 bits per heavy atom. The van der Waals surface area contributed by atoms with Gasteiger partial charge in [0.15, 0.2) is 17.5 Å². The summed E-state index contributed by atoms with van der Waals surface area (Å²) in [6.07, 6.45) is 2.13. The van der Waals surface area contributed by atoms with Gasteiger partial charge in [-0.05, 0) is 44.7 Å². The first-order valence-corrected chi connectivity index (χ1v) is 11.8. The van der Waals surface area contributed by atoms with E-state index in [1.165, 1.54) is 5.56 Å². The van der Waals surface area contributed by atoms with Crippen LogP contribution in [-0.4, -0.2) is 82.0 Å². The van der Waals surface area contributed by atoms with E-state index < -0.39 is 0 Å². The minimum atomic E-state index is 0. The Balaban J connectivity index is 0.00000480. The second-order valence-corrected chi connectivity index (χ2v) is 9.33. The molecule has 0 aliphatic carbocycles. The van der Waals surface area contributed by atoms with Crippen LogP contribution in [0.2, 0.25) is 0 Å². The zero-order valence-electron chi connectivity index (χ0n) is 19.7. The van der Waals surface area contributed by atoms with Crippen LogP contribution in [0.25, 0.3) is 0 Å². The summed E-state index contributed by atoms with van der Waals surface area (Å²) in [5.74, 6) is 2.33. The number of nitrogens with one attached hydrogen (secondary N) is 2.